The first-order valence-electron chi connectivity index (χ1n) is 4.88. The molecule has 0 saturated heterocycles. The van der Waals surface area contributed by atoms with Crippen molar-refractivity contribution in [3.05, 3.63) is 41.3 Å². The topological polar surface area (TPSA) is 73.8 Å². The number of rotatable bonds is 2. The molecule has 0 aliphatic heterocycles. The zero-order chi connectivity index (χ0) is 11.7. The monoisotopic (exact) mass is 216 g/mol. The number of hydrogen-bond donors (Lipinski definition) is 1. The highest BCUT2D eigenvalue weighted by atomic mass is 16.1. The molecule has 2 rings (SSSR count). The van der Waals surface area contributed by atoms with Crippen molar-refractivity contribution in [2.24, 2.45) is 5.73 Å². The molecule has 0 bridgehead atoms. The molecular formula is C11H12N4O. The summed E-state index contributed by atoms with van der Waals surface area (Å²) >= 11 is 0. The van der Waals surface area contributed by atoms with Crippen LogP contribution in [0.15, 0.2) is 24.4 Å². The van der Waals surface area contributed by atoms with Crippen LogP contribution in [0, 0.1) is 13.8 Å². The Morgan fingerprint density at radius 1 is 1.44 bits per heavy atom. The van der Waals surface area contributed by atoms with Gasteiger partial charge in [-0.2, -0.15) is 5.10 Å². The van der Waals surface area contributed by atoms with Gasteiger partial charge in [0, 0.05) is 11.9 Å². The third kappa shape index (κ3) is 1.67. The summed E-state index contributed by atoms with van der Waals surface area (Å²) in [5.41, 5.74) is 7.45. The molecule has 0 unspecified atom stereocenters. The molecule has 2 N–H and O–H groups in total. The molecule has 0 aromatic carbocycles. The maximum atomic E-state index is 11.3. The number of carbonyl (C=O) groups excluding carboxylic acids is 1. The zero-order valence-corrected chi connectivity index (χ0v) is 9.14. The van der Waals surface area contributed by atoms with E-state index in [1.165, 1.54) is 0 Å². The van der Waals surface area contributed by atoms with E-state index in [0.29, 0.717) is 11.4 Å². The third-order valence-corrected chi connectivity index (χ3v) is 2.26. The van der Waals surface area contributed by atoms with Gasteiger partial charge in [-0.25, -0.2) is 9.67 Å². The number of aromatic nitrogens is 3. The molecule has 0 fully saturated rings. The maximum Gasteiger partial charge on any atom is 0.252 e. The molecule has 5 heteroatoms. The lowest BCUT2D eigenvalue weighted by Crippen LogP contribution is -2.16. The SMILES string of the molecule is Cc1cc(C)n(-c2ncccc2C(N)=O)n1. The van der Waals surface area contributed by atoms with Crippen molar-refractivity contribution >= 4 is 5.91 Å². The first-order valence-corrected chi connectivity index (χ1v) is 4.88. The molecule has 0 atom stereocenters. The van der Waals surface area contributed by atoms with E-state index < -0.39 is 5.91 Å². The first-order chi connectivity index (χ1) is 7.59. The molecule has 0 aliphatic rings. The predicted molar refractivity (Wildman–Crippen MR) is 59.4 cm³/mol. The Balaban J connectivity index is 2.64. The second-order valence-electron chi connectivity index (χ2n) is 3.58. The molecule has 0 aliphatic carbocycles. The average Bonchev–Trinajstić information content (AvgIpc) is 2.57. The van der Waals surface area contributed by atoms with Crippen LogP contribution in [0.1, 0.15) is 21.7 Å². The van der Waals surface area contributed by atoms with Crippen LogP contribution in [0.2, 0.25) is 0 Å². The highest BCUT2D eigenvalue weighted by Gasteiger charge is 2.13. The van der Waals surface area contributed by atoms with Gasteiger partial charge in [-0.05, 0) is 32.0 Å². The number of hydrogen-bond acceptors (Lipinski definition) is 3. The fourth-order valence-corrected chi connectivity index (χ4v) is 1.60. The van der Waals surface area contributed by atoms with Gasteiger partial charge >= 0.3 is 0 Å². The number of primary amides is 1. The van der Waals surface area contributed by atoms with E-state index in [1.54, 1.807) is 23.0 Å². The number of nitrogens with two attached hydrogens (primary N) is 1. The maximum absolute atomic E-state index is 11.3. The molecule has 2 heterocycles. The van der Waals surface area contributed by atoms with Gasteiger partial charge in [0.2, 0.25) is 0 Å². The fourth-order valence-electron chi connectivity index (χ4n) is 1.60. The van der Waals surface area contributed by atoms with E-state index in [9.17, 15) is 4.79 Å². The number of carbonyl (C=O) groups is 1. The minimum absolute atomic E-state index is 0.369. The van der Waals surface area contributed by atoms with Gasteiger partial charge in [0.15, 0.2) is 5.82 Å². The second-order valence-corrected chi connectivity index (χ2v) is 3.58. The average molecular weight is 216 g/mol. The number of nitrogens with zero attached hydrogens (tertiary/aromatic N) is 3. The quantitative estimate of drug-likeness (QED) is 0.813. The Hall–Kier alpha value is -2.17. The van der Waals surface area contributed by atoms with Gasteiger partial charge in [0.1, 0.15) is 0 Å². The van der Waals surface area contributed by atoms with Gasteiger partial charge in [0.25, 0.3) is 5.91 Å². The molecular weight excluding hydrogens is 204 g/mol. The number of amides is 1. The summed E-state index contributed by atoms with van der Waals surface area (Å²) in [6.07, 6.45) is 1.61. The summed E-state index contributed by atoms with van der Waals surface area (Å²) in [7, 11) is 0. The van der Waals surface area contributed by atoms with Gasteiger partial charge in [-0.1, -0.05) is 0 Å². The van der Waals surface area contributed by atoms with E-state index in [0.717, 1.165) is 11.4 Å². The van der Waals surface area contributed by atoms with Crippen LogP contribution in [-0.4, -0.2) is 20.7 Å². The Labute approximate surface area is 92.9 Å². The molecule has 82 valence electrons. The van der Waals surface area contributed by atoms with Crippen molar-refractivity contribution in [3.63, 3.8) is 0 Å². The normalized spacial score (nSPS) is 10.4. The molecule has 1 amide bonds. The summed E-state index contributed by atoms with van der Waals surface area (Å²) in [5.74, 6) is -0.0312. The fraction of sp³-hybridized carbons (Fsp3) is 0.182. The Morgan fingerprint density at radius 3 is 2.75 bits per heavy atom. The van der Waals surface area contributed by atoms with Crippen molar-refractivity contribution in [1.29, 1.82) is 0 Å². The van der Waals surface area contributed by atoms with Gasteiger partial charge in [-0.3, -0.25) is 4.79 Å². The van der Waals surface area contributed by atoms with Crippen molar-refractivity contribution in [3.8, 4) is 5.82 Å². The molecule has 2 aromatic rings. The van der Waals surface area contributed by atoms with Crippen LogP contribution in [0.4, 0.5) is 0 Å². The van der Waals surface area contributed by atoms with E-state index >= 15 is 0 Å². The smallest absolute Gasteiger partial charge is 0.252 e. The molecule has 0 radical (unpaired) electrons. The van der Waals surface area contributed by atoms with E-state index in [2.05, 4.69) is 10.1 Å². The highest BCUT2D eigenvalue weighted by molar-refractivity contribution is 5.95. The molecule has 16 heavy (non-hydrogen) atoms. The van der Waals surface area contributed by atoms with E-state index in [-0.39, 0.29) is 0 Å². The van der Waals surface area contributed by atoms with Crippen molar-refractivity contribution in [2.75, 3.05) is 0 Å². The lowest BCUT2D eigenvalue weighted by atomic mass is 10.2. The third-order valence-electron chi connectivity index (χ3n) is 2.26. The first kappa shape index (κ1) is 10.4. The van der Waals surface area contributed by atoms with Crippen LogP contribution in [0.25, 0.3) is 5.82 Å². The van der Waals surface area contributed by atoms with E-state index in [4.69, 9.17) is 5.73 Å². The van der Waals surface area contributed by atoms with Crippen molar-refractivity contribution in [2.45, 2.75) is 13.8 Å². The summed E-state index contributed by atoms with van der Waals surface area (Å²) < 4.78 is 1.62. The van der Waals surface area contributed by atoms with Crippen LogP contribution >= 0.6 is 0 Å². The van der Waals surface area contributed by atoms with Crippen LogP contribution in [-0.2, 0) is 0 Å². The standard InChI is InChI=1S/C11H12N4O/c1-7-6-8(2)15(14-7)11-9(10(12)16)4-3-5-13-11/h3-6H,1-2H3,(H2,12,16). The van der Waals surface area contributed by atoms with Gasteiger partial charge in [0.05, 0.1) is 11.3 Å². The summed E-state index contributed by atoms with van der Waals surface area (Å²) in [6.45, 7) is 3.79. The summed E-state index contributed by atoms with van der Waals surface area (Å²) in [5, 5.41) is 4.27. The van der Waals surface area contributed by atoms with Crippen molar-refractivity contribution < 1.29 is 4.79 Å². The lowest BCUT2D eigenvalue weighted by Gasteiger charge is -2.06. The lowest BCUT2D eigenvalue weighted by molar-refractivity contribution is 0.1000. The summed E-state index contributed by atoms with van der Waals surface area (Å²) in [6, 6.07) is 5.23. The van der Waals surface area contributed by atoms with Crippen LogP contribution < -0.4 is 5.73 Å². The van der Waals surface area contributed by atoms with Gasteiger partial charge < -0.3 is 5.73 Å². The Bertz CT molecular complexity index is 545. The van der Waals surface area contributed by atoms with Crippen LogP contribution in [0.5, 0.6) is 0 Å². The number of aryl methyl sites for hydroxylation is 2. The minimum atomic E-state index is -0.504. The molecule has 0 saturated carbocycles. The molecule has 5 nitrogen and oxygen atoms in total. The molecule has 2 aromatic heterocycles. The molecule has 0 spiro atoms. The Kier molecular flexibility index (Phi) is 2.44. The number of pyridine rings is 1. The zero-order valence-electron chi connectivity index (χ0n) is 9.14. The van der Waals surface area contributed by atoms with Gasteiger partial charge in [-0.15, -0.1) is 0 Å². The summed E-state index contributed by atoms with van der Waals surface area (Å²) in [4.78, 5) is 15.4. The minimum Gasteiger partial charge on any atom is -0.365 e. The largest absolute Gasteiger partial charge is 0.365 e. The van der Waals surface area contributed by atoms with Crippen LogP contribution in [0.3, 0.4) is 0 Å². The second kappa shape index (κ2) is 3.77. The van der Waals surface area contributed by atoms with Crippen molar-refractivity contribution in [1.82, 2.24) is 14.8 Å². The predicted octanol–water partition coefficient (Wildman–Crippen LogP) is 0.983. The van der Waals surface area contributed by atoms with E-state index in [1.807, 2.05) is 19.9 Å². The Morgan fingerprint density at radius 2 is 2.19 bits per heavy atom. The highest BCUT2D eigenvalue weighted by Crippen LogP contribution is 2.13.